The van der Waals surface area contributed by atoms with E-state index in [2.05, 4.69) is 0 Å². The Kier molecular flexibility index (Phi) is 5.84. The van der Waals surface area contributed by atoms with Crippen molar-refractivity contribution in [1.82, 2.24) is 0 Å². The van der Waals surface area contributed by atoms with Crippen LogP contribution in [0.25, 0.3) is 0 Å². The molecule has 5 heteroatoms. The number of aliphatic hydroxyl groups excluding tert-OH is 1. The molecule has 2 aromatic carbocycles. The first-order chi connectivity index (χ1) is 11.1. The molecule has 0 aliphatic carbocycles. The third-order valence-corrected chi connectivity index (χ3v) is 3.63. The van der Waals surface area contributed by atoms with Crippen LogP contribution in [0, 0.1) is 0 Å². The van der Waals surface area contributed by atoms with E-state index in [0.29, 0.717) is 29.4 Å². The van der Waals surface area contributed by atoms with Gasteiger partial charge in [0.1, 0.15) is 12.4 Å². The van der Waals surface area contributed by atoms with Gasteiger partial charge >= 0.3 is 0 Å². The predicted molar refractivity (Wildman–Crippen MR) is 88.9 cm³/mol. The van der Waals surface area contributed by atoms with Crippen molar-refractivity contribution >= 4 is 0 Å². The van der Waals surface area contributed by atoms with Gasteiger partial charge in [-0.2, -0.15) is 0 Å². The topological polar surface area (TPSA) is 73.9 Å². The van der Waals surface area contributed by atoms with Crippen LogP contribution in [-0.4, -0.2) is 25.4 Å². The standard InChI is InChI=1S/C18H23NO4/c1-12(20)18(19)14-9-16(21-2)17(22-3)10-15(14)23-11-13-7-5-4-6-8-13/h4-10,12,18,20H,11,19H2,1-3H3/t12-,18-/m0/s1. The summed E-state index contributed by atoms with van der Waals surface area (Å²) in [6.45, 7) is 2.04. The molecule has 3 N–H and O–H groups in total. The number of hydrogen-bond acceptors (Lipinski definition) is 5. The van der Waals surface area contributed by atoms with Gasteiger partial charge in [0, 0.05) is 11.6 Å². The number of nitrogens with two attached hydrogens (primary N) is 1. The van der Waals surface area contributed by atoms with Crippen LogP contribution in [0.2, 0.25) is 0 Å². The molecule has 124 valence electrons. The maximum Gasteiger partial charge on any atom is 0.164 e. The Hall–Kier alpha value is -2.24. The normalized spacial score (nSPS) is 13.3. The van der Waals surface area contributed by atoms with Crippen molar-refractivity contribution in [1.29, 1.82) is 0 Å². The van der Waals surface area contributed by atoms with Crippen LogP contribution < -0.4 is 19.9 Å². The highest BCUT2D eigenvalue weighted by atomic mass is 16.5. The molecule has 0 heterocycles. The minimum atomic E-state index is -0.716. The minimum Gasteiger partial charge on any atom is -0.493 e. The first-order valence-corrected chi connectivity index (χ1v) is 7.43. The Morgan fingerprint density at radius 1 is 1.00 bits per heavy atom. The van der Waals surface area contributed by atoms with Gasteiger partial charge in [-0.05, 0) is 18.6 Å². The summed E-state index contributed by atoms with van der Waals surface area (Å²) in [6, 6.07) is 12.7. The number of hydrogen-bond donors (Lipinski definition) is 2. The third kappa shape index (κ3) is 4.15. The van der Waals surface area contributed by atoms with Crippen molar-refractivity contribution < 1.29 is 19.3 Å². The van der Waals surface area contributed by atoms with Gasteiger partial charge in [0.2, 0.25) is 0 Å². The molecule has 23 heavy (non-hydrogen) atoms. The zero-order valence-corrected chi connectivity index (χ0v) is 13.7. The summed E-state index contributed by atoms with van der Waals surface area (Å²) < 4.78 is 16.5. The summed E-state index contributed by atoms with van der Waals surface area (Å²) in [4.78, 5) is 0. The van der Waals surface area contributed by atoms with Crippen LogP contribution in [0.4, 0.5) is 0 Å². The summed E-state index contributed by atoms with van der Waals surface area (Å²) in [5.74, 6) is 1.67. The molecule has 0 aliphatic heterocycles. The minimum absolute atomic E-state index is 0.399. The fourth-order valence-electron chi connectivity index (χ4n) is 2.26. The molecular weight excluding hydrogens is 294 g/mol. The summed E-state index contributed by atoms with van der Waals surface area (Å²) >= 11 is 0. The molecule has 0 aromatic heterocycles. The maximum atomic E-state index is 9.82. The molecule has 0 aliphatic rings. The fourth-order valence-corrected chi connectivity index (χ4v) is 2.26. The highest BCUT2D eigenvalue weighted by Crippen LogP contribution is 2.38. The quantitative estimate of drug-likeness (QED) is 0.821. The lowest BCUT2D eigenvalue weighted by molar-refractivity contribution is 0.161. The highest BCUT2D eigenvalue weighted by molar-refractivity contribution is 5.52. The van der Waals surface area contributed by atoms with Crippen molar-refractivity contribution in [2.75, 3.05) is 14.2 Å². The molecule has 0 bridgehead atoms. The Bertz CT molecular complexity index is 628. The third-order valence-electron chi connectivity index (χ3n) is 3.63. The zero-order chi connectivity index (χ0) is 16.8. The lowest BCUT2D eigenvalue weighted by Crippen LogP contribution is -2.24. The van der Waals surface area contributed by atoms with Gasteiger partial charge in [-0.25, -0.2) is 0 Å². The average molecular weight is 317 g/mol. The van der Waals surface area contributed by atoms with Crippen LogP contribution in [0.15, 0.2) is 42.5 Å². The van der Waals surface area contributed by atoms with E-state index in [1.54, 1.807) is 33.3 Å². The number of methoxy groups -OCH3 is 2. The van der Waals surface area contributed by atoms with E-state index in [0.717, 1.165) is 5.56 Å². The number of ether oxygens (including phenoxy) is 3. The summed E-state index contributed by atoms with van der Waals surface area (Å²) in [5, 5.41) is 9.82. The molecule has 2 atom stereocenters. The van der Waals surface area contributed by atoms with E-state index >= 15 is 0 Å². The van der Waals surface area contributed by atoms with Crippen molar-refractivity contribution in [2.24, 2.45) is 5.73 Å². The Balaban J connectivity index is 2.34. The van der Waals surface area contributed by atoms with E-state index in [1.165, 1.54) is 0 Å². The van der Waals surface area contributed by atoms with Crippen LogP contribution in [0.3, 0.4) is 0 Å². The van der Waals surface area contributed by atoms with E-state index in [9.17, 15) is 5.11 Å². The lowest BCUT2D eigenvalue weighted by atomic mass is 10.0. The second kappa shape index (κ2) is 7.85. The summed E-state index contributed by atoms with van der Waals surface area (Å²) in [7, 11) is 3.12. The van der Waals surface area contributed by atoms with Crippen LogP contribution >= 0.6 is 0 Å². The molecule has 0 saturated carbocycles. The van der Waals surface area contributed by atoms with Crippen molar-refractivity contribution in [3.05, 3.63) is 53.6 Å². The molecule has 5 nitrogen and oxygen atoms in total. The molecule has 2 rings (SSSR count). The summed E-state index contributed by atoms with van der Waals surface area (Å²) in [6.07, 6.45) is -0.716. The van der Waals surface area contributed by atoms with Gasteiger partial charge in [0.25, 0.3) is 0 Å². The van der Waals surface area contributed by atoms with Crippen molar-refractivity contribution in [3.8, 4) is 17.2 Å². The molecule has 2 aromatic rings. The number of rotatable bonds is 7. The van der Waals surface area contributed by atoms with Crippen LogP contribution in [0.5, 0.6) is 17.2 Å². The zero-order valence-electron chi connectivity index (χ0n) is 13.7. The number of benzene rings is 2. The Labute approximate surface area is 136 Å². The fraction of sp³-hybridized carbons (Fsp3) is 0.333. The van der Waals surface area contributed by atoms with Crippen molar-refractivity contribution in [2.45, 2.75) is 25.7 Å². The first kappa shape index (κ1) is 17.1. The molecule has 0 radical (unpaired) electrons. The van der Waals surface area contributed by atoms with Gasteiger partial charge in [0.15, 0.2) is 11.5 Å². The predicted octanol–water partition coefficient (Wildman–Crippen LogP) is 2.66. The van der Waals surface area contributed by atoms with Gasteiger partial charge in [-0.15, -0.1) is 0 Å². The Morgan fingerprint density at radius 3 is 2.17 bits per heavy atom. The SMILES string of the molecule is COc1cc(OCc2ccccc2)c([C@@H](N)[C@H](C)O)cc1OC. The highest BCUT2D eigenvalue weighted by Gasteiger charge is 2.21. The van der Waals surface area contributed by atoms with Gasteiger partial charge in [0.05, 0.1) is 26.4 Å². The monoisotopic (exact) mass is 317 g/mol. The van der Waals surface area contributed by atoms with E-state index in [-0.39, 0.29) is 0 Å². The molecule has 0 spiro atoms. The first-order valence-electron chi connectivity index (χ1n) is 7.43. The molecule has 0 fully saturated rings. The van der Waals surface area contributed by atoms with Gasteiger partial charge < -0.3 is 25.1 Å². The van der Waals surface area contributed by atoms with E-state index < -0.39 is 12.1 Å². The Morgan fingerprint density at radius 2 is 1.61 bits per heavy atom. The largest absolute Gasteiger partial charge is 0.493 e. The molecular formula is C18H23NO4. The van der Waals surface area contributed by atoms with Crippen molar-refractivity contribution in [3.63, 3.8) is 0 Å². The second-order valence-corrected chi connectivity index (χ2v) is 5.29. The maximum absolute atomic E-state index is 9.82. The lowest BCUT2D eigenvalue weighted by Gasteiger charge is -2.21. The molecule has 0 saturated heterocycles. The van der Waals surface area contributed by atoms with E-state index in [1.807, 2.05) is 30.3 Å². The molecule has 0 amide bonds. The second-order valence-electron chi connectivity index (χ2n) is 5.29. The van der Waals surface area contributed by atoms with Gasteiger partial charge in [-0.3, -0.25) is 0 Å². The average Bonchev–Trinajstić information content (AvgIpc) is 2.59. The summed E-state index contributed by atoms with van der Waals surface area (Å²) in [5.41, 5.74) is 7.81. The smallest absolute Gasteiger partial charge is 0.164 e. The molecule has 0 unspecified atom stereocenters. The van der Waals surface area contributed by atoms with Crippen LogP contribution in [0.1, 0.15) is 24.1 Å². The van der Waals surface area contributed by atoms with Gasteiger partial charge in [-0.1, -0.05) is 30.3 Å². The van der Waals surface area contributed by atoms with E-state index in [4.69, 9.17) is 19.9 Å². The van der Waals surface area contributed by atoms with Crippen LogP contribution in [-0.2, 0) is 6.61 Å². The number of aliphatic hydroxyl groups is 1.